The summed E-state index contributed by atoms with van der Waals surface area (Å²) in [5, 5.41) is 10.4. The normalized spacial score (nSPS) is 13.2. The molecule has 1 unspecified atom stereocenters. The Hall–Kier alpha value is -0.180. The fourth-order valence-electron chi connectivity index (χ4n) is 1.28. The number of rotatable bonds is 4. The SMILES string of the molecule is CC(C)Sc1ccc(C(C)CO)cc1Cl. The van der Waals surface area contributed by atoms with Crippen LogP contribution in [-0.4, -0.2) is 17.0 Å². The first-order chi connectivity index (χ1) is 7.04. The molecule has 3 heteroatoms. The minimum absolute atomic E-state index is 0.153. The fourth-order valence-corrected chi connectivity index (χ4v) is 2.43. The molecule has 1 nitrogen and oxygen atoms in total. The summed E-state index contributed by atoms with van der Waals surface area (Å²) in [6, 6.07) is 6.03. The van der Waals surface area contributed by atoms with Crippen LogP contribution in [0, 0.1) is 0 Å². The van der Waals surface area contributed by atoms with Crippen molar-refractivity contribution in [2.24, 2.45) is 0 Å². The van der Waals surface area contributed by atoms with Gasteiger partial charge in [-0.25, -0.2) is 0 Å². The van der Waals surface area contributed by atoms with Crippen LogP contribution in [0.3, 0.4) is 0 Å². The Morgan fingerprint density at radius 2 is 2.00 bits per heavy atom. The lowest BCUT2D eigenvalue weighted by Crippen LogP contribution is -1.99. The van der Waals surface area contributed by atoms with E-state index in [2.05, 4.69) is 13.8 Å². The molecule has 1 aromatic carbocycles. The van der Waals surface area contributed by atoms with Crippen molar-refractivity contribution in [1.29, 1.82) is 0 Å². The number of aliphatic hydroxyl groups excluding tert-OH is 1. The highest BCUT2D eigenvalue weighted by molar-refractivity contribution is 8.00. The van der Waals surface area contributed by atoms with Crippen LogP contribution in [-0.2, 0) is 0 Å². The number of thioether (sulfide) groups is 1. The van der Waals surface area contributed by atoms with Gasteiger partial charge in [0.05, 0.1) is 5.02 Å². The summed E-state index contributed by atoms with van der Waals surface area (Å²) in [6.45, 7) is 6.43. The summed E-state index contributed by atoms with van der Waals surface area (Å²) >= 11 is 7.93. The van der Waals surface area contributed by atoms with Gasteiger partial charge in [0.15, 0.2) is 0 Å². The van der Waals surface area contributed by atoms with Crippen molar-refractivity contribution in [3.63, 3.8) is 0 Å². The zero-order valence-electron chi connectivity index (χ0n) is 9.33. The molecule has 0 aromatic heterocycles. The molecular weight excluding hydrogens is 228 g/mol. The van der Waals surface area contributed by atoms with E-state index < -0.39 is 0 Å². The van der Waals surface area contributed by atoms with E-state index >= 15 is 0 Å². The van der Waals surface area contributed by atoms with Crippen LogP contribution in [0.4, 0.5) is 0 Å². The van der Waals surface area contributed by atoms with Crippen LogP contribution >= 0.6 is 23.4 Å². The van der Waals surface area contributed by atoms with Gasteiger partial charge in [-0.3, -0.25) is 0 Å². The minimum atomic E-state index is 0.153. The van der Waals surface area contributed by atoms with E-state index in [1.807, 2.05) is 25.1 Å². The first kappa shape index (κ1) is 12.9. The lowest BCUT2D eigenvalue weighted by Gasteiger charge is -2.12. The van der Waals surface area contributed by atoms with Crippen molar-refractivity contribution < 1.29 is 5.11 Å². The zero-order valence-corrected chi connectivity index (χ0v) is 10.9. The Balaban J connectivity index is 2.88. The van der Waals surface area contributed by atoms with Gasteiger partial charge in [0, 0.05) is 22.7 Å². The standard InChI is InChI=1S/C12H17ClOS/c1-8(2)15-12-5-4-10(6-11(12)13)9(3)7-14/h4-6,8-9,14H,7H2,1-3H3. The molecular formula is C12H17ClOS. The molecule has 0 aliphatic heterocycles. The van der Waals surface area contributed by atoms with Gasteiger partial charge in [0.1, 0.15) is 0 Å². The Labute approximate surface area is 101 Å². The van der Waals surface area contributed by atoms with Crippen LogP contribution < -0.4 is 0 Å². The van der Waals surface area contributed by atoms with Gasteiger partial charge in [0.2, 0.25) is 0 Å². The molecule has 0 radical (unpaired) electrons. The summed E-state index contributed by atoms with van der Waals surface area (Å²) in [7, 11) is 0. The maximum atomic E-state index is 9.05. The Bertz CT molecular complexity index is 325. The van der Waals surface area contributed by atoms with Crippen molar-refractivity contribution in [2.45, 2.75) is 36.8 Å². The maximum absolute atomic E-state index is 9.05. The maximum Gasteiger partial charge on any atom is 0.0544 e. The first-order valence-corrected chi connectivity index (χ1v) is 6.37. The second-order valence-corrected chi connectivity index (χ2v) is 5.97. The molecule has 0 bridgehead atoms. The molecule has 0 amide bonds. The van der Waals surface area contributed by atoms with Crippen molar-refractivity contribution >= 4 is 23.4 Å². The Kier molecular flexibility index (Phi) is 4.97. The molecule has 0 saturated carbocycles. The van der Waals surface area contributed by atoms with Gasteiger partial charge in [-0.2, -0.15) is 0 Å². The molecule has 1 atom stereocenters. The monoisotopic (exact) mass is 244 g/mol. The van der Waals surface area contributed by atoms with Crippen molar-refractivity contribution in [3.05, 3.63) is 28.8 Å². The van der Waals surface area contributed by atoms with Crippen LogP contribution in [0.15, 0.2) is 23.1 Å². The summed E-state index contributed by atoms with van der Waals surface area (Å²) in [4.78, 5) is 1.11. The van der Waals surface area contributed by atoms with E-state index in [0.717, 1.165) is 15.5 Å². The Morgan fingerprint density at radius 1 is 1.33 bits per heavy atom. The van der Waals surface area contributed by atoms with Gasteiger partial charge in [-0.15, -0.1) is 11.8 Å². The van der Waals surface area contributed by atoms with Crippen molar-refractivity contribution in [1.82, 2.24) is 0 Å². The van der Waals surface area contributed by atoms with Crippen LogP contribution in [0.5, 0.6) is 0 Å². The van der Waals surface area contributed by atoms with Crippen LogP contribution in [0.2, 0.25) is 5.02 Å². The molecule has 15 heavy (non-hydrogen) atoms. The highest BCUT2D eigenvalue weighted by atomic mass is 35.5. The third-order valence-corrected chi connectivity index (χ3v) is 3.67. The molecule has 1 rings (SSSR count). The predicted molar refractivity (Wildman–Crippen MR) is 67.9 cm³/mol. The highest BCUT2D eigenvalue weighted by Gasteiger charge is 2.08. The van der Waals surface area contributed by atoms with Crippen LogP contribution in [0.1, 0.15) is 32.3 Å². The molecule has 0 heterocycles. The van der Waals surface area contributed by atoms with E-state index in [-0.39, 0.29) is 12.5 Å². The zero-order chi connectivity index (χ0) is 11.4. The highest BCUT2D eigenvalue weighted by Crippen LogP contribution is 2.32. The fraction of sp³-hybridized carbons (Fsp3) is 0.500. The van der Waals surface area contributed by atoms with E-state index in [1.165, 1.54) is 0 Å². The van der Waals surface area contributed by atoms with Crippen LogP contribution in [0.25, 0.3) is 0 Å². The van der Waals surface area contributed by atoms with Gasteiger partial charge in [0.25, 0.3) is 0 Å². The van der Waals surface area contributed by atoms with E-state index in [1.54, 1.807) is 11.8 Å². The second-order valence-electron chi connectivity index (χ2n) is 3.94. The first-order valence-electron chi connectivity index (χ1n) is 5.11. The van der Waals surface area contributed by atoms with Crippen molar-refractivity contribution in [2.75, 3.05) is 6.61 Å². The number of hydrogen-bond donors (Lipinski definition) is 1. The van der Waals surface area contributed by atoms with E-state index in [9.17, 15) is 0 Å². The molecule has 1 N–H and O–H groups in total. The van der Waals surface area contributed by atoms with Gasteiger partial charge >= 0.3 is 0 Å². The lowest BCUT2D eigenvalue weighted by molar-refractivity contribution is 0.273. The summed E-state index contributed by atoms with van der Waals surface area (Å²) in [6.07, 6.45) is 0. The van der Waals surface area contributed by atoms with Crippen molar-refractivity contribution in [3.8, 4) is 0 Å². The quantitative estimate of drug-likeness (QED) is 0.810. The molecule has 0 saturated heterocycles. The van der Waals surface area contributed by atoms with E-state index in [4.69, 9.17) is 16.7 Å². The Morgan fingerprint density at radius 3 is 2.47 bits per heavy atom. The summed E-state index contributed by atoms with van der Waals surface area (Å²) < 4.78 is 0. The summed E-state index contributed by atoms with van der Waals surface area (Å²) in [5.41, 5.74) is 1.09. The largest absolute Gasteiger partial charge is 0.396 e. The molecule has 0 spiro atoms. The van der Waals surface area contributed by atoms with Gasteiger partial charge in [-0.05, 0) is 17.7 Å². The number of benzene rings is 1. The average molecular weight is 245 g/mol. The predicted octanol–water partition coefficient (Wildman–Crippen LogP) is 3.94. The topological polar surface area (TPSA) is 20.2 Å². The second kappa shape index (κ2) is 5.78. The molecule has 0 aliphatic rings. The minimum Gasteiger partial charge on any atom is -0.396 e. The van der Waals surface area contributed by atoms with E-state index in [0.29, 0.717) is 5.25 Å². The lowest BCUT2D eigenvalue weighted by atomic mass is 10.0. The molecule has 0 fully saturated rings. The molecule has 1 aromatic rings. The molecule has 84 valence electrons. The molecule has 0 aliphatic carbocycles. The summed E-state index contributed by atoms with van der Waals surface area (Å²) in [5.74, 6) is 0.153. The van der Waals surface area contributed by atoms with Gasteiger partial charge < -0.3 is 5.11 Å². The third kappa shape index (κ3) is 3.71. The average Bonchev–Trinajstić information content (AvgIpc) is 2.19. The number of aliphatic hydroxyl groups is 1. The third-order valence-electron chi connectivity index (χ3n) is 2.16. The van der Waals surface area contributed by atoms with Gasteiger partial charge in [-0.1, -0.05) is 38.4 Å². The number of halogens is 1. The smallest absolute Gasteiger partial charge is 0.0544 e. The number of hydrogen-bond acceptors (Lipinski definition) is 2.